The second kappa shape index (κ2) is 10.1. The number of likely N-dealkylation sites (tertiary alicyclic amines) is 1. The number of amides is 3. The molecule has 192 valence electrons. The van der Waals surface area contributed by atoms with Crippen molar-refractivity contribution >= 4 is 29.4 Å². The van der Waals surface area contributed by atoms with Crippen LogP contribution in [0.3, 0.4) is 0 Å². The van der Waals surface area contributed by atoms with E-state index in [1.165, 1.54) is 14.2 Å². The summed E-state index contributed by atoms with van der Waals surface area (Å²) in [5, 5.41) is 2.64. The molecule has 3 aliphatic rings. The summed E-state index contributed by atoms with van der Waals surface area (Å²) in [7, 11) is 2.97. The number of carbonyl (C=O) groups is 4. The van der Waals surface area contributed by atoms with Crippen molar-refractivity contribution in [1.29, 1.82) is 0 Å². The number of fused-ring (bicyclic) bond motifs is 5. The van der Waals surface area contributed by atoms with Gasteiger partial charge in [0.25, 0.3) is 5.91 Å². The van der Waals surface area contributed by atoms with Crippen molar-refractivity contribution < 1.29 is 33.4 Å². The van der Waals surface area contributed by atoms with Crippen LogP contribution in [0.4, 0.5) is 5.69 Å². The van der Waals surface area contributed by atoms with Crippen molar-refractivity contribution in [3.8, 4) is 11.5 Å². The van der Waals surface area contributed by atoms with Crippen LogP contribution in [-0.2, 0) is 30.3 Å². The maximum Gasteiger partial charge on any atom is 0.330 e. The molecule has 1 N–H and O–H groups in total. The van der Waals surface area contributed by atoms with Gasteiger partial charge < -0.3 is 19.5 Å². The highest BCUT2D eigenvalue weighted by Crippen LogP contribution is 2.53. The molecule has 0 spiro atoms. The molecule has 0 radical (unpaired) electrons. The van der Waals surface area contributed by atoms with Gasteiger partial charge in [0.05, 0.1) is 31.7 Å². The van der Waals surface area contributed by atoms with Crippen LogP contribution in [0.2, 0.25) is 0 Å². The third-order valence-electron chi connectivity index (χ3n) is 7.39. The molecule has 1 saturated carbocycles. The van der Waals surface area contributed by atoms with E-state index >= 15 is 0 Å². The van der Waals surface area contributed by atoms with Gasteiger partial charge in [0, 0.05) is 12.5 Å². The van der Waals surface area contributed by atoms with Gasteiger partial charge in [-0.15, -0.1) is 0 Å². The highest BCUT2D eigenvalue weighted by Gasteiger charge is 2.61. The minimum atomic E-state index is -1.16. The minimum absolute atomic E-state index is 0.0232. The normalized spacial score (nSPS) is 24.1. The maximum absolute atomic E-state index is 13.4. The first kappa shape index (κ1) is 24.5. The molecule has 5 rings (SSSR count). The van der Waals surface area contributed by atoms with Gasteiger partial charge in [-0.3, -0.25) is 19.3 Å². The molecule has 1 heterocycles. The molecule has 0 aromatic heterocycles. The monoisotopic (exact) mass is 504 g/mol. The molecule has 2 aliphatic carbocycles. The predicted octanol–water partition coefficient (Wildman–Crippen LogP) is 2.60. The number of nitrogens with zero attached hydrogens (tertiary/aromatic N) is 1. The number of hydrogen-bond donors (Lipinski definition) is 1. The fraction of sp³-hybridized carbons (Fsp3) is 0.357. The fourth-order valence-electron chi connectivity index (χ4n) is 5.67. The van der Waals surface area contributed by atoms with Crippen LogP contribution in [0, 0.1) is 23.7 Å². The molecular weight excluding hydrogens is 476 g/mol. The molecule has 3 amide bonds. The summed E-state index contributed by atoms with van der Waals surface area (Å²) in [6.07, 6.45) is 4.91. The van der Waals surface area contributed by atoms with Crippen LogP contribution in [0.1, 0.15) is 12.0 Å². The second-order valence-corrected chi connectivity index (χ2v) is 9.47. The Labute approximate surface area is 214 Å². The number of nitrogens with one attached hydrogen (secondary N) is 1. The van der Waals surface area contributed by atoms with Crippen LogP contribution in [0.25, 0.3) is 0 Å². The van der Waals surface area contributed by atoms with Crippen molar-refractivity contribution in [3.05, 3.63) is 66.2 Å². The van der Waals surface area contributed by atoms with Crippen LogP contribution >= 0.6 is 0 Å². The van der Waals surface area contributed by atoms with Gasteiger partial charge in [0.15, 0.2) is 6.61 Å². The second-order valence-electron chi connectivity index (χ2n) is 9.47. The zero-order chi connectivity index (χ0) is 26.1. The van der Waals surface area contributed by atoms with Crippen LogP contribution < -0.4 is 14.8 Å². The standard InChI is InChI=1S/C28H28N2O7/c1-35-19-10-11-20(22(14-19)36-2)29-23(31)15-37-28(34)21(12-16-6-4-3-5-7-16)30-26(32)24-17-8-9-18(13-17)25(24)27(30)33/h3-11,14,17-18,21,24-25H,12-13,15H2,1-2H3,(H,29,31)/t17-,18-,21-,24-,25-/m0/s1. The molecule has 2 bridgehead atoms. The quantitative estimate of drug-likeness (QED) is 0.317. The molecule has 9 nitrogen and oxygen atoms in total. The molecule has 37 heavy (non-hydrogen) atoms. The van der Waals surface area contributed by atoms with Crippen molar-refractivity contribution in [3.63, 3.8) is 0 Å². The van der Waals surface area contributed by atoms with E-state index in [1.807, 2.05) is 42.5 Å². The zero-order valence-corrected chi connectivity index (χ0v) is 20.6. The van der Waals surface area contributed by atoms with Gasteiger partial charge in [0.2, 0.25) is 11.8 Å². The summed E-state index contributed by atoms with van der Waals surface area (Å²) in [4.78, 5) is 53.7. The van der Waals surface area contributed by atoms with E-state index in [2.05, 4.69) is 5.32 Å². The SMILES string of the molecule is COc1ccc(NC(=O)COC(=O)[C@H](Cc2ccccc2)N2C(=O)[C@@H]3[C@@H](C2=O)[C@H]2C=C[C@H]3C2)c(OC)c1. The number of carbonyl (C=O) groups excluding carboxylic acids is 4. The van der Waals surface area contributed by atoms with Gasteiger partial charge in [0.1, 0.15) is 17.5 Å². The lowest BCUT2D eigenvalue weighted by atomic mass is 9.85. The molecule has 1 saturated heterocycles. The summed E-state index contributed by atoms with van der Waals surface area (Å²) >= 11 is 0. The first-order valence-corrected chi connectivity index (χ1v) is 12.2. The number of rotatable bonds is 9. The van der Waals surface area contributed by atoms with Gasteiger partial charge in [-0.05, 0) is 36.0 Å². The Bertz CT molecular complexity index is 1230. The maximum atomic E-state index is 13.4. The minimum Gasteiger partial charge on any atom is -0.497 e. The summed E-state index contributed by atoms with van der Waals surface area (Å²) in [6, 6.07) is 12.8. The van der Waals surface area contributed by atoms with Crippen molar-refractivity contribution in [2.75, 3.05) is 26.1 Å². The Kier molecular flexibility index (Phi) is 6.69. The van der Waals surface area contributed by atoms with E-state index in [1.54, 1.807) is 18.2 Å². The summed E-state index contributed by atoms with van der Waals surface area (Å²) < 4.78 is 15.8. The van der Waals surface area contributed by atoms with Crippen LogP contribution in [0.5, 0.6) is 11.5 Å². The molecular formula is C28H28N2O7. The molecule has 1 aliphatic heterocycles. The molecule has 0 unspecified atom stereocenters. The Morgan fingerprint density at radius 2 is 1.65 bits per heavy atom. The highest BCUT2D eigenvalue weighted by molar-refractivity contribution is 6.09. The van der Waals surface area contributed by atoms with Crippen molar-refractivity contribution in [1.82, 2.24) is 4.90 Å². The van der Waals surface area contributed by atoms with E-state index < -0.39 is 36.4 Å². The van der Waals surface area contributed by atoms with Gasteiger partial charge in [-0.1, -0.05) is 42.5 Å². The topological polar surface area (TPSA) is 111 Å². The van der Waals surface area contributed by atoms with E-state index in [4.69, 9.17) is 14.2 Å². The van der Waals surface area contributed by atoms with E-state index in [-0.39, 0.29) is 30.1 Å². The van der Waals surface area contributed by atoms with Gasteiger partial charge in [-0.25, -0.2) is 4.79 Å². The smallest absolute Gasteiger partial charge is 0.330 e. The highest BCUT2D eigenvalue weighted by atomic mass is 16.5. The Morgan fingerprint density at radius 1 is 0.973 bits per heavy atom. The lowest BCUT2D eigenvalue weighted by molar-refractivity contribution is -0.160. The third kappa shape index (κ3) is 4.57. The van der Waals surface area contributed by atoms with E-state index in [9.17, 15) is 19.2 Å². The number of methoxy groups -OCH3 is 2. The molecule has 2 aromatic rings. The average molecular weight is 505 g/mol. The lowest BCUT2D eigenvalue weighted by Crippen LogP contribution is -2.48. The number of anilines is 1. The Balaban J connectivity index is 1.30. The third-order valence-corrected chi connectivity index (χ3v) is 7.39. The summed E-state index contributed by atoms with van der Waals surface area (Å²) in [6.45, 7) is -0.588. The fourth-order valence-corrected chi connectivity index (χ4v) is 5.67. The number of imide groups is 1. The van der Waals surface area contributed by atoms with E-state index in [0.29, 0.717) is 17.2 Å². The number of hydrogen-bond acceptors (Lipinski definition) is 7. The van der Waals surface area contributed by atoms with Crippen LogP contribution in [0.15, 0.2) is 60.7 Å². The lowest BCUT2D eigenvalue weighted by Gasteiger charge is -2.26. The number of esters is 1. The average Bonchev–Trinajstić information content (AvgIpc) is 3.60. The largest absolute Gasteiger partial charge is 0.497 e. The van der Waals surface area contributed by atoms with Crippen molar-refractivity contribution in [2.24, 2.45) is 23.7 Å². The number of benzene rings is 2. The summed E-state index contributed by atoms with van der Waals surface area (Å²) in [5.41, 5.74) is 1.15. The Hall–Kier alpha value is -4.14. The molecule has 9 heteroatoms. The van der Waals surface area contributed by atoms with Gasteiger partial charge >= 0.3 is 5.97 Å². The number of ether oxygens (including phenoxy) is 3. The zero-order valence-electron chi connectivity index (χ0n) is 20.6. The molecule has 2 aromatic carbocycles. The number of allylic oxidation sites excluding steroid dienone is 2. The van der Waals surface area contributed by atoms with Crippen molar-refractivity contribution in [2.45, 2.75) is 18.9 Å². The van der Waals surface area contributed by atoms with E-state index in [0.717, 1.165) is 16.9 Å². The molecule has 2 fully saturated rings. The Morgan fingerprint density at radius 3 is 2.27 bits per heavy atom. The van der Waals surface area contributed by atoms with Crippen LogP contribution in [-0.4, -0.2) is 55.5 Å². The van der Waals surface area contributed by atoms with Gasteiger partial charge in [-0.2, -0.15) is 0 Å². The predicted molar refractivity (Wildman–Crippen MR) is 133 cm³/mol. The summed E-state index contributed by atoms with van der Waals surface area (Å²) in [5.74, 6) is -1.95. The first-order chi connectivity index (χ1) is 17.9. The first-order valence-electron chi connectivity index (χ1n) is 12.2. The molecule has 5 atom stereocenters.